The highest BCUT2D eigenvalue weighted by Crippen LogP contribution is 2.27. The summed E-state index contributed by atoms with van der Waals surface area (Å²) in [6.45, 7) is 0. The van der Waals surface area contributed by atoms with Gasteiger partial charge in [-0.3, -0.25) is 10.1 Å². The molecule has 0 bridgehead atoms. The predicted molar refractivity (Wildman–Crippen MR) is 97.3 cm³/mol. The molecule has 0 aliphatic rings. The zero-order valence-corrected chi connectivity index (χ0v) is 15.6. The Balaban J connectivity index is 1.89. The minimum Gasteiger partial charge on any atom is -0.403 e. The van der Waals surface area contributed by atoms with Crippen LogP contribution in [0.15, 0.2) is 51.8 Å². The first-order valence-electron chi connectivity index (χ1n) is 7.15. The molecule has 1 heterocycles. The summed E-state index contributed by atoms with van der Waals surface area (Å²) in [4.78, 5) is 12.3. The van der Waals surface area contributed by atoms with Crippen molar-refractivity contribution in [1.82, 2.24) is 10.2 Å². The fraction of sp³-hybridized carbons (Fsp3) is 0.0625. The average molecular weight is 412 g/mol. The molecule has 0 spiro atoms. The summed E-state index contributed by atoms with van der Waals surface area (Å²) >= 11 is 11.8. The van der Waals surface area contributed by atoms with E-state index in [1.807, 2.05) is 0 Å². The lowest BCUT2D eigenvalue weighted by Gasteiger charge is -2.04. The van der Waals surface area contributed by atoms with Crippen LogP contribution in [-0.4, -0.2) is 30.8 Å². The number of rotatable bonds is 4. The van der Waals surface area contributed by atoms with Crippen molar-refractivity contribution >= 4 is 45.0 Å². The van der Waals surface area contributed by atoms with Gasteiger partial charge < -0.3 is 4.42 Å². The maximum absolute atomic E-state index is 12.3. The Bertz CT molecular complexity index is 1100. The summed E-state index contributed by atoms with van der Waals surface area (Å²) in [6, 6.07) is 10.4. The summed E-state index contributed by atoms with van der Waals surface area (Å²) in [5.74, 6) is -0.609. The van der Waals surface area contributed by atoms with E-state index in [0.717, 1.165) is 6.26 Å². The van der Waals surface area contributed by atoms with Gasteiger partial charge in [0.1, 0.15) is 0 Å². The van der Waals surface area contributed by atoms with Gasteiger partial charge in [0.15, 0.2) is 9.84 Å². The molecule has 0 fully saturated rings. The number of halogens is 2. The molecule has 0 radical (unpaired) electrons. The Labute approximate surface area is 158 Å². The van der Waals surface area contributed by atoms with Crippen molar-refractivity contribution in [2.45, 2.75) is 4.90 Å². The van der Waals surface area contributed by atoms with Crippen LogP contribution in [0.5, 0.6) is 0 Å². The monoisotopic (exact) mass is 411 g/mol. The predicted octanol–water partition coefficient (Wildman–Crippen LogP) is 3.70. The minimum absolute atomic E-state index is 0.0384. The first-order valence-corrected chi connectivity index (χ1v) is 9.80. The number of benzene rings is 2. The SMILES string of the molecule is CS(=O)(=O)c1ccccc1-c1nnc(NC(=O)c2ccc(Cl)cc2Cl)o1. The van der Waals surface area contributed by atoms with E-state index in [2.05, 4.69) is 15.5 Å². The van der Waals surface area contributed by atoms with Crippen molar-refractivity contribution in [2.75, 3.05) is 11.6 Å². The second kappa shape index (κ2) is 7.06. The molecule has 0 saturated heterocycles. The summed E-state index contributed by atoms with van der Waals surface area (Å²) < 4.78 is 29.1. The van der Waals surface area contributed by atoms with Gasteiger partial charge >= 0.3 is 6.01 Å². The number of sulfone groups is 1. The number of anilines is 1. The molecule has 26 heavy (non-hydrogen) atoms. The van der Waals surface area contributed by atoms with E-state index in [9.17, 15) is 13.2 Å². The number of aromatic nitrogens is 2. The van der Waals surface area contributed by atoms with Gasteiger partial charge in [-0.1, -0.05) is 40.4 Å². The number of carbonyl (C=O) groups excluding carboxylic acids is 1. The normalized spacial score (nSPS) is 11.3. The molecule has 1 N–H and O–H groups in total. The molecule has 0 aliphatic heterocycles. The van der Waals surface area contributed by atoms with Crippen LogP contribution in [-0.2, 0) is 9.84 Å². The summed E-state index contributed by atoms with van der Waals surface area (Å²) in [7, 11) is -3.49. The van der Waals surface area contributed by atoms with Crippen molar-refractivity contribution in [1.29, 1.82) is 0 Å². The topological polar surface area (TPSA) is 102 Å². The highest BCUT2D eigenvalue weighted by Gasteiger charge is 2.20. The number of carbonyl (C=O) groups is 1. The van der Waals surface area contributed by atoms with Crippen LogP contribution in [0.1, 0.15) is 10.4 Å². The lowest BCUT2D eigenvalue weighted by Crippen LogP contribution is -2.12. The Hall–Kier alpha value is -2.42. The standard InChI is InChI=1S/C16H11Cl2N3O4S/c1-26(23,24)13-5-3-2-4-11(13)15-20-21-16(25-15)19-14(22)10-7-6-9(17)8-12(10)18/h2-8H,1H3,(H,19,21,22). The van der Waals surface area contributed by atoms with E-state index in [0.29, 0.717) is 5.02 Å². The number of hydrogen-bond acceptors (Lipinski definition) is 6. The zero-order valence-electron chi connectivity index (χ0n) is 13.2. The van der Waals surface area contributed by atoms with E-state index in [1.54, 1.807) is 12.1 Å². The van der Waals surface area contributed by atoms with E-state index in [1.165, 1.54) is 30.3 Å². The second-order valence-corrected chi connectivity index (χ2v) is 8.09. The number of amides is 1. The van der Waals surface area contributed by atoms with E-state index < -0.39 is 15.7 Å². The van der Waals surface area contributed by atoms with Gasteiger partial charge in [0, 0.05) is 11.3 Å². The summed E-state index contributed by atoms with van der Waals surface area (Å²) in [5.41, 5.74) is 0.417. The van der Waals surface area contributed by atoms with Gasteiger partial charge in [0.05, 0.1) is 21.0 Å². The highest BCUT2D eigenvalue weighted by molar-refractivity contribution is 7.90. The third kappa shape index (κ3) is 3.87. The van der Waals surface area contributed by atoms with Crippen LogP contribution < -0.4 is 5.32 Å². The van der Waals surface area contributed by atoms with Gasteiger partial charge in [0.25, 0.3) is 11.8 Å². The fourth-order valence-electron chi connectivity index (χ4n) is 2.19. The van der Waals surface area contributed by atoms with Crippen molar-refractivity contribution in [3.8, 4) is 11.5 Å². The lowest BCUT2D eigenvalue weighted by molar-refractivity contribution is 0.102. The Kier molecular flexibility index (Phi) is 4.99. The maximum Gasteiger partial charge on any atom is 0.322 e. The molecular formula is C16H11Cl2N3O4S. The maximum atomic E-state index is 12.3. The van der Waals surface area contributed by atoms with Crippen LogP contribution in [0.25, 0.3) is 11.5 Å². The van der Waals surface area contributed by atoms with Crippen LogP contribution in [0, 0.1) is 0 Å². The van der Waals surface area contributed by atoms with Crippen molar-refractivity contribution in [3.63, 3.8) is 0 Å². The Morgan fingerprint density at radius 2 is 1.85 bits per heavy atom. The molecule has 1 aromatic heterocycles. The molecule has 7 nitrogen and oxygen atoms in total. The first-order chi connectivity index (χ1) is 12.3. The van der Waals surface area contributed by atoms with Gasteiger partial charge in [-0.2, -0.15) is 0 Å². The molecule has 0 aliphatic carbocycles. The van der Waals surface area contributed by atoms with Crippen molar-refractivity contribution < 1.29 is 17.6 Å². The van der Waals surface area contributed by atoms with Crippen LogP contribution in [0.3, 0.4) is 0 Å². The highest BCUT2D eigenvalue weighted by atomic mass is 35.5. The third-order valence-electron chi connectivity index (χ3n) is 3.34. The number of hydrogen-bond donors (Lipinski definition) is 1. The minimum atomic E-state index is -3.49. The van der Waals surface area contributed by atoms with Gasteiger partial charge in [0.2, 0.25) is 0 Å². The van der Waals surface area contributed by atoms with Gasteiger partial charge in [-0.05, 0) is 30.3 Å². The quantitative estimate of drug-likeness (QED) is 0.701. The fourth-order valence-corrected chi connectivity index (χ4v) is 3.56. The molecule has 2 aromatic carbocycles. The largest absolute Gasteiger partial charge is 0.403 e. The van der Waals surface area contributed by atoms with Crippen molar-refractivity contribution in [3.05, 3.63) is 58.1 Å². The average Bonchev–Trinajstić information content (AvgIpc) is 3.02. The third-order valence-corrected chi connectivity index (χ3v) is 5.04. The number of nitrogens with one attached hydrogen (secondary N) is 1. The molecule has 10 heteroatoms. The van der Waals surface area contributed by atoms with Crippen LogP contribution in [0.2, 0.25) is 10.0 Å². The smallest absolute Gasteiger partial charge is 0.322 e. The Morgan fingerprint density at radius 1 is 1.12 bits per heavy atom. The van der Waals surface area contributed by atoms with Crippen molar-refractivity contribution in [2.24, 2.45) is 0 Å². The second-order valence-electron chi connectivity index (χ2n) is 5.26. The van der Waals surface area contributed by atoms with Crippen LogP contribution >= 0.6 is 23.2 Å². The van der Waals surface area contributed by atoms with E-state index in [-0.39, 0.29) is 33.0 Å². The summed E-state index contributed by atoms with van der Waals surface area (Å²) in [5, 5.41) is 10.5. The van der Waals surface area contributed by atoms with E-state index >= 15 is 0 Å². The van der Waals surface area contributed by atoms with Crippen LogP contribution in [0.4, 0.5) is 6.01 Å². The molecule has 0 unspecified atom stereocenters. The lowest BCUT2D eigenvalue weighted by atomic mass is 10.2. The van der Waals surface area contributed by atoms with E-state index in [4.69, 9.17) is 27.6 Å². The molecule has 134 valence electrons. The number of nitrogens with zero attached hydrogens (tertiary/aromatic N) is 2. The van der Waals surface area contributed by atoms with Gasteiger partial charge in [-0.25, -0.2) is 8.42 Å². The molecule has 0 saturated carbocycles. The zero-order chi connectivity index (χ0) is 18.9. The van der Waals surface area contributed by atoms with Gasteiger partial charge in [-0.15, -0.1) is 5.10 Å². The summed E-state index contributed by atoms with van der Waals surface area (Å²) in [6.07, 6.45) is 1.08. The molecule has 1 amide bonds. The molecular weight excluding hydrogens is 401 g/mol. The molecule has 3 rings (SSSR count). The first kappa shape index (κ1) is 18.4. The molecule has 3 aromatic rings. The molecule has 0 atom stereocenters. The Morgan fingerprint density at radius 3 is 2.54 bits per heavy atom.